The van der Waals surface area contributed by atoms with Crippen molar-refractivity contribution in [3.63, 3.8) is 0 Å². The van der Waals surface area contributed by atoms with Gasteiger partial charge in [0.1, 0.15) is 10.5 Å². The maximum atomic E-state index is 5.64. The van der Waals surface area contributed by atoms with Crippen molar-refractivity contribution in [1.29, 1.82) is 0 Å². The van der Waals surface area contributed by atoms with Crippen molar-refractivity contribution in [3.8, 4) is 5.82 Å². The van der Waals surface area contributed by atoms with Gasteiger partial charge in [0.2, 0.25) is 0 Å². The van der Waals surface area contributed by atoms with Gasteiger partial charge in [0.25, 0.3) is 0 Å². The Morgan fingerprint density at radius 1 is 1.28 bits per heavy atom. The minimum atomic E-state index is 0.231. The maximum Gasteiger partial charge on any atom is 0.173 e. The Morgan fingerprint density at radius 2 is 2.11 bits per heavy atom. The molecule has 3 rings (SSSR count). The molecule has 3 heterocycles. The molecule has 0 radical (unpaired) electrons. The molecule has 0 saturated heterocycles. The van der Waals surface area contributed by atoms with Gasteiger partial charge in [-0.05, 0) is 6.07 Å². The summed E-state index contributed by atoms with van der Waals surface area (Å²) >= 11 is 4.97. The van der Waals surface area contributed by atoms with Crippen molar-refractivity contribution in [3.05, 3.63) is 36.8 Å². The highest BCUT2D eigenvalue weighted by atomic mass is 32.1. The molecule has 0 unspecified atom stereocenters. The first kappa shape index (κ1) is 10.8. The predicted octanol–water partition coefficient (Wildman–Crippen LogP) is 0.788. The lowest BCUT2D eigenvalue weighted by Crippen LogP contribution is -2.16. The van der Waals surface area contributed by atoms with Crippen molar-refractivity contribution >= 4 is 28.2 Å². The van der Waals surface area contributed by atoms with Crippen LogP contribution in [0.3, 0.4) is 0 Å². The van der Waals surface area contributed by atoms with Crippen LogP contribution in [0.25, 0.3) is 16.9 Å². The van der Waals surface area contributed by atoms with E-state index in [0.717, 1.165) is 11.0 Å². The highest BCUT2D eigenvalue weighted by molar-refractivity contribution is 7.80. The van der Waals surface area contributed by atoms with Crippen molar-refractivity contribution in [1.82, 2.24) is 24.1 Å². The maximum absolute atomic E-state index is 5.64. The molecular weight excluding hydrogens is 248 g/mol. The van der Waals surface area contributed by atoms with Gasteiger partial charge in [-0.3, -0.25) is 4.57 Å². The van der Waals surface area contributed by atoms with Crippen LogP contribution in [0.4, 0.5) is 0 Å². The third kappa shape index (κ3) is 1.48. The molecule has 0 amide bonds. The number of fused-ring (bicyclic) bond motifs is 1. The van der Waals surface area contributed by atoms with Gasteiger partial charge in [-0.2, -0.15) is 0 Å². The van der Waals surface area contributed by atoms with Crippen LogP contribution >= 0.6 is 12.2 Å². The summed E-state index contributed by atoms with van der Waals surface area (Å²) in [5.74, 6) is 1.18. The van der Waals surface area contributed by atoms with Gasteiger partial charge in [0.05, 0.1) is 11.8 Å². The molecule has 0 spiro atoms. The van der Waals surface area contributed by atoms with Gasteiger partial charge in [0, 0.05) is 25.6 Å². The van der Waals surface area contributed by atoms with Gasteiger partial charge >= 0.3 is 0 Å². The number of nitrogens with zero attached hydrogens (tertiary/aromatic N) is 5. The van der Waals surface area contributed by atoms with Crippen LogP contribution in [-0.2, 0) is 7.05 Å². The highest BCUT2D eigenvalue weighted by Crippen LogP contribution is 2.19. The zero-order chi connectivity index (χ0) is 12.7. The molecule has 0 aliphatic heterocycles. The highest BCUT2D eigenvalue weighted by Gasteiger charge is 2.13. The SMILES string of the molecule is Cn1cnc2c(-n3ccnc3C(N)=S)nccc21. The average Bonchev–Trinajstić information content (AvgIpc) is 2.96. The second-order valence-electron chi connectivity index (χ2n) is 3.84. The molecule has 0 atom stereocenters. The quantitative estimate of drug-likeness (QED) is 0.688. The Labute approximate surface area is 108 Å². The summed E-state index contributed by atoms with van der Waals surface area (Å²) in [4.78, 5) is 13.0. The zero-order valence-corrected chi connectivity index (χ0v) is 10.4. The Hall–Kier alpha value is -2.28. The van der Waals surface area contributed by atoms with Crippen molar-refractivity contribution in [2.24, 2.45) is 12.8 Å². The second kappa shape index (κ2) is 3.88. The number of hydrogen-bond donors (Lipinski definition) is 1. The summed E-state index contributed by atoms with van der Waals surface area (Å²) in [7, 11) is 1.93. The number of aromatic nitrogens is 5. The van der Waals surface area contributed by atoms with Crippen LogP contribution in [0.1, 0.15) is 5.82 Å². The number of imidazole rings is 2. The molecule has 0 fully saturated rings. The van der Waals surface area contributed by atoms with Crippen LogP contribution in [0.2, 0.25) is 0 Å². The zero-order valence-electron chi connectivity index (χ0n) is 9.61. The van der Waals surface area contributed by atoms with E-state index >= 15 is 0 Å². The van der Waals surface area contributed by atoms with Crippen molar-refractivity contribution < 1.29 is 0 Å². The normalized spacial score (nSPS) is 10.9. The predicted molar refractivity (Wildman–Crippen MR) is 71.5 cm³/mol. The number of nitrogens with two attached hydrogens (primary N) is 1. The first-order chi connectivity index (χ1) is 8.68. The van der Waals surface area contributed by atoms with Crippen molar-refractivity contribution in [2.45, 2.75) is 0 Å². The monoisotopic (exact) mass is 258 g/mol. The van der Waals surface area contributed by atoms with Gasteiger partial charge < -0.3 is 10.3 Å². The van der Waals surface area contributed by atoms with E-state index in [1.807, 2.05) is 17.7 Å². The smallest absolute Gasteiger partial charge is 0.173 e. The van der Waals surface area contributed by atoms with Gasteiger partial charge in [-0.25, -0.2) is 15.0 Å². The average molecular weight is 258 g/mol. The van der Waals surface area contributed by atoms with E-state index < -0.39 is 0 Å². The topological polar surface area (TPSA) is 74.5 Å². The molecule has 2 N–H and O–H groups in total. The fraction of sp³-hybridized carbons (Fsp3) is 0.0909. The van der Waals surface area contributed by atoms with Gasteiger partial charge in [-0.15, -0.1) is 0 Å². The molecule has 6 nitrogen and oxygen atoms in total. The molecule has 7 heteroatoms. The molecule has 0 aliphatic carbocycles. The largest absolute Gasteiger partial charge is 0.387 e. The van der Waals surface area contributed by atoms with E-state index in [4.69, 9.17) is 18.0 Å². The summed E-state index contributed by atoms with van der Waals surface area (Å²) in [5.41, 5.74) is 7.42. The summed E-state index contributed by atoms with van der Waals surface area (Å²) in [6.45, 7) is 0. The number of thiocarbonyl (C=S) groups is 1. The Morgan fingerprint density at radius 3 is 2.89 bits per heavy atom. The second-order valence-corrected chi connectivity index (χ2v) is 4.28. The summed E-state index contributed by atoms with van der Waals surface area (Å²) in [5, 5.41) is 0. The van der Waals surface area contributed by atoms with E-state index in [1.165, 1.54) is 0 Å². The molecule has 18 heavy (non-hydrogen) atoms. The Bertz CT molecular complexity index is 741. The van der Waals surface area contributed by atoms with Crippen LogP contribution in [0.15, 0.2) is 31.0 Å². The summed E-state index contributed by atoms with van der Waals surface area (Å²) in [6.07, 6.45) is 6.87. The minimum absolute atomic E-state index is 0.231. The number of hydrogen-bond acceptors (Lipinski definition) is 4. The summed E-state index contributed by atoms with van der Waals surface area (Å²) in [6, 6.07) is 1.91. The van der Waals surface area contributed by atoms with Crippen molar-refractivity contribution in [2.75, 3.05) is 0 Å². The molecule has 0 saturated carbocycles. The van der Waals surface area contributed by atoms with Crippen LogP contribution in [0.5, 0.6) is 0 Å². The first-order valence-corrected chi connectivity index (χ1v) is 5.69. The fourth-order valence-electron chi connectivity index (χ4n) is 1.88. The Kier molecular flexibility index (Phi) is 2.34. The number of aryl methyl sites for hydroxylation is 1. The standard InChI is InChI=1S/C11H10N6S/c1-16-6-15-8-7(16)2-3-13-10(8)17-5-4-14-11(17)9(12)18/h2-6H,1H3,(H2,12,18). The number of rotatable bonds is 2. The van der Waals surface area contributed by atoms with Crippen LogP contribution < -0.4 is 5.73 Å². The molecule has 90 valence electrons. The van der Waals surface area contributed by atoms with Gasteiger partial charge in [0.15, 0.2) is 11.6 Å². The van der Waals surface area contributed by atoms with Crippen LogP contribution in [-0.4, -0.2) is 29.1 Å². The molecular formula is C11H10N6S. The lowest BCUT2D eigenvalue weighted by molar-refractivity contribution is 0.947. The van der Waals surface area contributed by atoms with Gasteiger partial charge in [-0.1, -0.05) is 12.2 Å². The first-order valence-electron chi connectivity index (χ1n) is 5.28. The third-order valence-corrected chi connectivity index (χ3v) is 2.90. The molecule has 3 aromatic rings. The molecule has 0 bridgehead atoms. The molecule has 3 aromatic heterocycles. The minimum Gasteiger partial charge on any atom is -0.387 e. The van der Waals surface area contributed by atoms with E-state index in [0.29, 0.717) is 11.6 Å². The summed E-state index contributed by atoms with van der Waals surface area (Å²) < 4.78 is 3.68. The third-order valence-electron chi connectivity index (χ3n) is 2.71. The Balaban J connectivity index is 2.32. The van der Waals surface area contributed by atoms with E-state index in [1.54, 1.807) is 29.5 Å². The fourth-order valence-corrected chi connectivity index (χ4v) is 2.03. The lowest BCUT2D eigenvalue weighted by atomic mass is 10.3. The molecule has 0 aliphatic rings. The molecule has 0 aromatic carbocycles. The van der Waals surface area contributed by atoms with E-state index in [-0.39, 0.29) is 4.99 Å². The lowest BCUT2D eigenvalue weighted by Gasteiger charge is -2.06. The van der Waals surface area contributed by atoms with E-state index in [9.17, 15) is 0 Å². The number of pyridine rings is 1. The van der Waals surface area contributed by atoms with Crippen LogP contribution in [0, 0.1) is 0 Å². The van der Waals surface area contributed by atoms with E-state index in [2.05, 4.69) is 15.0 Å².